The zero-order chi connectivity index (χ0) is 7.19. The summed E-state index contributed by atoms with van der Waals surface area (Å²) in [6.07, 6.45) is 7.14. The van der Waals surface area contributed by atoms with E-state index < -0.39 is 5.97 Å². The van der Waals surface area contributed by atoms with E-state index in [1.165, 1.54) is 0 Å². The lowest BCUT2D eigenvalue weighted by Gasteiger charge is -2.47. The van der Waals surface area contributed by atoms with Crippen molar-refractivity contribution in [3.05, 3.63) is 12.2 Å². The average Bonchev–Trinajstić information content (AvgIpc) is 1.54. The molecular weight excluding hydrogens is 164 g/mol. The maximum absolute atomic E-state index is 10.4. The van der Waals surface area contributed by atoms with Gasteiger partial charge in [-0.2, -0.15) is 0 Å². The molecule has 0 amide bonds. The van der Waals surface area contributed by atoms with Crippen LogP contribution in [0, 0.1) is 11.3 Å². The van der Waals surface area contributed by atoms with Crippen molar-refractivity contribution >= 4 is 18.4 Å². The van der Waals surface area contributed by atoms with Gasteiger partial charge in [-0.05, 0) is 24.7 Å². The van der Waals surface area contributed by atoms with Gasteiger partial charge in [0, 0.05) is 0 Å². The SMILES string of the molecule is Cl.O=C(O)C1CC2(C=CC2)C1. The molecule has 2 aliphatic carbocycles. The second-order valence-corrected chi connectivity index (χ2v) is 3.41. The Morgan fingerprint density at radius 2 is 2.09 bits per heavy atom. The number of carboxylic acid groups (broad SMARTS) is 1. The first-order valence-corrected chi connectivity index (χ1v) is 3.62. The molecule has 62 valence electrons. The minimum atomic E-state index is -0.620. The van der Waals surface area contributed by atoms with Gasteiger partial charge in [-0.25, -0.2) is 0 Å². The maximum atomic E-state index is 10.4. The Hall–Kier alpha value is -0.500. The van der Waals surface area contributed by atoms with Crippen molar-refractivity contribution in [1.82, 2.24) is 0 Å². The van der Waals surface area contributed by atoms with Crippen LogP contribution in [0.15, 0.2) is 12.2 Å². The van der Waals surface area contributed by atoms with Crippen LogP contribution >= 0.6 is 12.4 Å². The predicted molar refractivity (Wildman–Crippen MR) is 43.8 cm³/mol. The number of hydrogen-bond donors (Lipinski definition) is 1. The molecule has 1 spiro atoms. The highest BCUT2D eigenvalue weighted by molar-refractivity contribution is 5.85. The zero-order valence-electron chi connectivity index (χ0n) is 6.12. The molecule has 1 N–H and O–H groups in total. The number of carboxylic acids is 1. The van der Waals surface area contributed by atoms with Crippen molar-refractivity contribution in [1.29, 1.82) is 0 Å². The normalized spacial score (nSPS) is 38.7. The molecule has 0 saturated heterocycles. The van der Waals surface area contributed by atoms with Gasteiger partial charge >= 0.3 is 5.97 Å². The van der Waals surface area contributed by atoms with Gasteiger partial charge in [0.15, 0.2) is 0 Å². The molecule has 0 bridgehead atoms. The Morgan fingerprint density at radius 3 is 2.36 bits per heavy atom. The van der Waals surface area contributed by atoms with E-state index >= 15 is 0 Å². The lowest BCUT2D eigenvalue weighted by atomic mass is 9.56. The predicted octanol–water partition coefficient (Wildman–Crippen LogP) is 1.85. The van der Waals surface area contributed by atoms with Crippen LogP contribution in [0.3, 0.4) is 0 Å². The number of rotatable bonds is 1. The van der Waals surface area contributed by atoms with E-state index in [1.807, 2.05) is 0 Å². The smallest absolute Gasteiger partial charge is 0.306 e. The molecule has 0 radical (unpaired) electrons. The van der Waals surface area contributed by atoms with Gasteiger partial charge in [0.05, 0.1) is 5.92 Å². The van der Waals surface area contributed by atoms with E-state index in [-0.39, 0.29) is 18.3 Å². The number of hydrogen-bond acceptors (Lipinski definition) is 1. The summed E-state index contributed by atoms with van der Waals surface area (Å²) in [5, 5.41) is 8.56. The third-order valence-corrected chi connectivity index (χ3v) is 2.65. The molecule has 2 nitrogen and oxygen atoms in total. The molecular formula is C8H11ClO2. The minimum absolute atomic E-state index is 0. The van der Waals surface area contributed by atoms with E-state index in [0.29, 0.717) is 5.41 Å². The standard InChI is InChI=1S/C8H10O2.ClH/c9-7(10)6-4-8(5-6)2-1-3-8;/h1-2,6H,3-5H2,(H,9,10);1H. The molecule has 1 saturated carbocycles. The van der Waals surface area contributed by atoms with Crippen LogP contribution in [-0.2, 0) is 4.79 Å². The number of allylic oxidation sites excluding steroid dienone is 2. The zero-order valence-corrected chi connectivity index (χ0v) is 6.93. The molecule has 11 heavy (non-hydrogen) atoms. The molecule has 0 aromatic rings. The summed E-state index contributed by atoms with van der Waals surface area (Å²) in [6.45, 7) is 0. The van der Waals surface area contributed by atoms with Crippen molar-refractivity contribution in [3.63, 3.8) is 0 Å². The van der Waals surface area contributed by atoms with Gasteiger partial charge in [0.25, 0.3) is 0 Å². The summed E-state index contributed by atoms with van der Waals surface area (Å²) in [4.78, 5) is 10.4. The molecule has 0 aromatic heterocycles. The maximum Gasteiger partial charge on any atom is 0.306 e. The third-order valence-electron chi connectivity index (χ3n) is 2.65. The Kier molecular flexibility index (Phi) is 1.97. The van der Waals surface area contributed by atoms with Gasteiger partial charge in [-0.15, -0.1) is 12.4 Å². The van der Waals surface area contributed by atoms with Gasteiger partial charge < -0.3 is 5.11 Å². The summed E-state index contributed by atoms with van der Waals surface area (Å²) < 4.78 is 0. The molecule has 0 atom stereocenters. The molecule has 0 aromatic carbocycles. The van der Waals surface area contributed by atoms with Crippen molar-refractivity contribution in [2.45, 2.75) is 19.3 Å². The average molecular weight is 175 g/mol. The largest absolute Gasteiger partial charge is 0.481 e. The molecule has 1 fully saturated rings. The monoisotopic (exact) mass is 174 g/mol. The minimum Gasteiger partial charge on any atom is -0.481 e. The second kappa shape index (κ2) is 2.52. The lowest BCUT2D eigenvalue weighted by molar-refractivity contribution is -0.148. The highest BCUT2D eigenvalue weighted by Gasteiger charge is 2.47. The first-order chi connectivity index (χ1) is 4.72. The molecule has 0 heterocycles. The Labute approximate surface area is 71.7 Å². The fourth-order valence-electron chi connectivity index (χ4n) is 1.85. The van der Waals surface area contributed by atoms with Gasteiger partial charge in [-0.1, -0.05) is 12.2 Å². The molecule has 2 rings (SSSR count). The number of aliphatic carboxylic acids is 1. The van der Waals surface area contributed by atoms with Crippen LogP contribution in [0.25, 0.3) is 0 Å². The van der Waals surface area contributed by atoms with E-state index in [4.69, 9.17) is 5.11 Å². The highest BCUT2D eigenvalue weighted by atomic mass is 35.5. The van der Waals surface area contributed by atoms with Crippen LogP contribution in [0.5, 0.6) is 0 Å². The lowest BCUT2D eigenvalue weighted by Crippen LogP contribution is -2.42. The Bertz CT molecular complexity index is 204. The fraction of sp³-hybridized carbons (Fsp3) is 0.625. The van der Waals surface area contributed by atoms with Crippen molar-refractivity contribution in [3.8, 4) is 0 Å². The molecule has 0 unspecified atom stereocenters. The van der Waals surface area contributed by atoms with Crippen LogP contribution in [0.4, 0.5) is 0 Å². The summed E-state index contributed by atoms with van der Waals surface area (Å²) in [7, 11) is 0. The van der Waals surface area contributed by atoms with Gasteiger partial charge in [0.2, 0.25) is 0 Å². The molecule has 3 heteroatoms. The van der Waals surface area contributed by atoms with Gasteiger partial charge in [-0.3, -0.25) is 4.79 Å². The third kappa shape index (κ3) is 1.16. The quantitative estimate of drug-likeness (QED) is 0.616. The topological polar surface area (TPSA) is 37.3 Å². The first kappa shape index (κ1) is 8.60. The van der Waals surface area contributed by atoms with E-state index in [9.17, 15) is 4.79 Å². The van der Waals surface area contributed by atoms with Crippen molar-refractivity contribution < 1.29 is 9.90 Å². The summed E-state index contributed by atoms with van der Waals surface area (Å²) in [5.41, 5.74) is 0.336. The molecule has 0 aliphatic heterocycles. The fourth-order valence-corrected chi connectivity index (χ4v) is 1.85. The number of halogens is 1. The van der Waals surface area contributed by atoms with Crippen LogP contribution in [0.2, 0.25) is 0 Å². The Morgan fingerprint density at radius 1 is 1.55 bits per heavy atom. The van der Waals surface area contributed by atoms with E-state index in [2.05, 4.69) is 12.2 Å². The number of carbonyl (C=O) groups is 1. The van der Waals surface area contributed by atoms with Crippen LogP contribution in [0.1, 0.15) is 19.3 Å². The van der Waals surface area contributed by atoms with E-state index in [0.717, 1.165) is 19.3 Å². The van der Waals surface area contributed by atoms with Gasteiger partial charge in [0.1, 0.15) is 0 Å². The Balaban J connectivity index is 0.000000605. The summed E-state index contributed by atoms with van der Waals surface area (Å²) in [6, 6.07) is 0. The second-order valence-electron chi connectivity index (χ2n) is 3.41. The van der Waals surface area contributed by atoms with Crippen LogP contribution < -0.4 is 0 Å². The molecule has 2 aliphatic rings. The first-order valence-electron chi connectivity index (χ1n) is 3.62. The highest BCUT2D eigenvalue weighted by Crippen LogP contribution is 2.54. The van der Waals surface area contributed by atoms with Crippen LogP contribution in [-0.4, -0.2) is 11.1 Å². The van der Waals surface area contributed by atoms with E-state index in [1.54, 1.807) is 0 Å². The summed E-state index contributed by atoms with van der Waals surface area (Å²) >= 11 is 0. The summed E-state index contributed by atoms with van der Waals surface area (Å²) in [5.74, 6) is -0.670. The van der Waals surface area contributed by atoms with Crippen molar-refractivity contribution in [2.24, 2.45) is 11.3 Å². The van der Waals surface area contributed by atoms with Crippen molar-refractivity contribution in [2.75, 3.05) is 0 Å².